The van der Waals surface area contributed by atoms with Crippen LogP contribution in [0, 0.1) is 6.92 Å². The number of anilines is 2. The molecule has 0 radical (unpaired) electrons. The largest absolute Gasteiger partial charge is 0.417 e. The monoisotopic (exact) mass is 423 g/mol. The van der Waals surface area contributed by atoms with E-state index in [1.54, 1.807) is 25.1 Å². The molecule has 2 aromatic heterocycles. The van der Waals surface area contributed by atoms with Crippen molar-refractivity contribution < 1.29 is 18.0 Å². The second-order valence-corrected chi connectivity index (χ2v) is 6.90. The number of carbonyl (C=O) groups is 1. The Morgan fingerprint density at radius 1 is 1.17 bits per heavy atom. The summed E-state index contributed by atoms with van der Waals surface area (Å²) in [7, 11) is 3.66. The molecule has 0 aliphatic heterocycles. The number of carbonyl (C=O) groups excluding carboxylic acids is 1. The molecule has 0 spiro atoms. The fraction of sp³-hybridized carbons (Fsp3) is 0.211. The van der Waals surface area contributed by atoms with Crippen molar-refractivity contribution in [2.45, 2.75) is 13.1 Å². The van der Waals surface area contributed by atoms with Crippen molar-refractivity contribution in [3.05, 3.63) is 64.6 Å². The molecule has 3 aromatic rings. The molecule has 10 heteroatoms. The topological polar surface area (TPSA) is 63.1 Å². The number of nitrogens with one attached hydrogen (secondary N) is 1. The van der Waals surface area contributed by atoms with Crippen LogP contribution in [0.15, 0.2) is 42.7 Å². The van der Waals surface area contributed by atoms with Crippen LogP contribution in [0.4, 0.5) is 24.5 Å². The van der Waals surface area contributed by atoms with Crippen LogP contribution in [0.3, 0.4) is 0 Å². The Morgan fingerprint density at radius 3 is 2.48 bits per heavy atom. The Balaban J connectivity index is 1.88. The van der Waals surface area contributed by atoms with E-state index in [-0.39, 0.29) is 11.4 Å². The molecule has 29 heavy (non-hydrogen) atoms. The number of alkyl halides is 3. The molecule has 1 amide bonds. The fourth-order valence-corrected chi connectivity index (χ4v) is 2.90. The third-order valence-electron chi connectivity index (χ3n) is 4.24. The van der Waals surface area contributed by atoms with Crippen molar-refractivity contribution in [2.75, 3.05) is 24.3 Å². The highest BCUT2D eigenvalue weighted by molar-refractivity contribution is 6.31. The maximum absolute atomic E-state index is 12.8. The first-order chi connectivity index (χ1) is 13.6. The first-order valence-corrected chi connectivity index (χ1v) is 8.82. The van der Waals surface area contributed by atoms with Crippen LogP contribution in [0.25, 0.3) is 5.82 Å². The van der Waals surface area contributed by atoms with E-state index in [0.717, 1.165) is 18.0 Å². The quantitative estimate of drug-likeness (QED) is 0.668. The maximum atomic E-state index is 12.8. The number of pyridine rings is 1. The lowest BCUT2D eigenvalue weighted by Gasteiger charge is -2.18. The first-order valence-electron chi connectivity index (χ1n) is 8.44. The average molecular weight is 424 g/mol. The van der Waals surface area contributed by atoms with E-state index >= 15 is 0 Å². The number of hydrogen-bond donors (Lipinski definition) is 1. The van der Waals surface area contributed by atoms with E-state index in [0.29, 0.717) is 16.4 Å². The van der Waals surface area contributed by atoms with Gasteiger partial charge in [0.2, 0.25) is 0 Å². The third-order valence-corrected chi connectivity index (χ3v) is 4.47. The Bertz CT molecular complexity index is 1040. The van der Waals surface area contributed by atoms with Gasteiger partial charge in [0.05, 0.1) is 34.4 Å². The van der Waals surface area contributed by atoms with Crippen LogP contribution < -0.4 is 10.2 Å². The van der Waals surface area contributed by atoms with Gasteiger partial charge in [0.15, 0.2) is 5.82 Å². The lowest BCUT2D eigenvalue weighted by Crippen LogP contribution is -2.17. The van der Waals surface area contributed by atoms with E-state index in [1.165, 1.54) is 16.9 Å². The Hall–Kier alpha value is -3.07. The van der Waals surface area contributed by atoms with Crippen molar-refractivity contribution in [2.24, 2.45) is 0 Å². The fourth-order valence-electron chi connectivity index (χ4n) is 2.73. The van der Waals surface area contributed by atoms with Gasteiger partial charge in [-0.25, -0.2) is 9.67 Å². The van der Waals surface area contributed by atoms with Gasteiger partial charge in [0, 0.05) is 25.3 Å². The predicted octanol–water partition coefficient (Wildman–Crippen LogP) is 4.57. The highest BCUT2D eigenvalue weighted by Gasteiger charge is 2.30. The lowest BCUT2D eigenvalue weighted by atomic mass is 10.2. The molecule has 3 rings (SSSR count). The summed E-state index contributed by atoms with van der Waals surface area (Å²) in [6, 6.07) is 7.24. The molecule has 0 bridgehead atoms. The molecule has 1 N–H and O–H groups in total. The number of rotatable bonds is 4. The number of amides is 1. The summed E-state index contributed by atoms with van der Waals surface area (Å²) in [5.41, 5.74) is 1.12. The lowest BCUT2D eigenvalue weighted by molar-refractivity contribution is -0.137. The zero-order valence-electron chi connectivity index (χ0n) is 15.8. The molecular formula is C19H17ClF3N5O. The number of nitrogens with zero attached hydrogens (tertiary/aromatic N) is 4. The molecule has 2 heterocycles. The standard InChI is InChI=1S/C19H17ClF3N5O/c1-11-14(18(29)26-15-8-13(20)5-6-16(15)27(2)3)10-25-28(11)17-7-4-12(9-24-17)19(21,22)23/h4-10H,1-3H3,(H,26,29). The van der Waals surface area contributed by atoms with E-state index in [2.05, 4.69) is 15.4 Å². The molecule has 6 nitrogen and oxygen atoms in total. The van der Waals surface area contributed by atoms with Crippen LogP contribution in [0.1, 0.15) is 21.6 Å². The predicted molar refractivity (Wildman–Crippen MR) is 105 cm³/mol. The van der Waals surface area contributed by atoms with Crippen molar-refractivity contribution in [3.63, 3.8) is 0 Å². The summed E-state index contributed by atoms with van der Waals surface area (Å²) in [6.07, 6.45) is -2.41. The zero-order chi connectivity index (χ0) is 21.3. The maximum Gasteiger partial charge on any atom is 0.417 e. The Kier molecular flexibility index (Phi) is 5.52. The SMILES string of the molecule is Cc1c(C(=O)Nc2cc(Cl)ccc2N(C)C)cnn1-c1ccc(C(F)(F)F)cn1. The van der Waals surface area contributed by atoms with Gasteiger partial charge < -0.3 is 10.2 Å². The van der Waals surface area contributed by atoms with Crippen LogP contribution in [0.2, 0.25) is 5.02 Å². The van der Waals surface area contributed by atoms with Crippen LogP contribution >= 0.6 is 11.6 Å². The van der Waals surface area contributed by atoms with E-state index in [9.17, 15) is 18.0 Å². The van der Waals surface area contributed by atoms with E-state index in [4.69, 9.17) is 11.6 Å². The van der Waals surface area contributed by atoms with Crippen molar-refractivity contribution in [1.29, 1.82) is 0 Å². The third kappa shape index (κ3) is 4.34. The van der Waals surface area contributed by atoms with E-state index < -0.39 is 17.6 Å². The second-order valence-electron chi connectivity index (χ2n) is 6.47. The minimum Gasteiger partial charge on any atom is -0.376 e. The number of hydrogen-bond acceptors (Lipinski definition) is 4. The summed E-state index contributed by atoms with van der Waals surface area (Å²) < 4.78 is 39.4. The van der Waals surface area contributed by atoms with Gasteiger partial charge in [-0.3, -0.25) is 4.79 Å². The molecule has 0 aliphatic rings. The van der Waals surface area contributed by atoms with Gasteiger partial charge in [-0.2, -0.15) is 18.3 Å². The molecule has 0 unspecified atom stereocenters. The first kappa shape index (κ1) is 20.7. The van der Waals surface area contributed by atoms with Gasteiger partial charge in [0.1, 0.15) is 0 Å². The smallest absolute Gasteiger partial charge is 0.376 e. The highest BCUT2D eigenvalue weighted by atomic mass is 35.5. The summed E-state index contributed by atoms with van der Waals surface area (Å²) in [5.74, 6) is -0.252. The minimum absolute atomic E-state index is 0.172. The summed E-state index contributed by atoms with van der Waals surface area (Å²) >= 11 is 6.04. The van der Waals surface area contributed by atoms with Crippen LogP contribution in [-0.2, 0) is 6.18 Å². The molecule has 152 valence electrons. The second kappa shape index (κ2) is 7.75. The van der Waals surface area contributed by atoms with Gasteiger partial charge >= 0.3 is 6.18 Å². The summed E-state index contributed by atoms with van der Waals surface area (Å²) in [6.45, 7) is 1.63. The van der Waals surface area contributed by atoms with Gasteiger partial charge in [0.25, 0.3) is 5.91 Å². The highest BCUT2D eigenvalue weighted by Crippen LogP contribution is 2.30. The van der Waals surface area contributed by atoms with Crippen molar-refractivity contribution in [1.82, 2.24) is 14.8 Å². The molecule has 0 saturated heterocycles. The van der Waals surface area contributed by atoms with Crippen molar-refractivity contribution >= 4 is 28.9 Å². The van der Waals surface area contributed by atoms with Crippen LogP contribution in [-0.4, -0.2) is 34.8 Å². The number of halogens is 4. The van der Waals surface area contributed by atoms with Crippen LogP contribution in [0.5, 0.6) is 0 Å². The molecular weight excluding hydrogens is 407 g/mol. The Labute approximate surface area is 169 Å². The molecule has 0 fully saturated rings. The number of benzene rings is 1. The molecule has 0 atom stereocenters. The molecule has 1 aromatic carbocycles. The zero-order valence-corrected chi connectivity index (χ0v) is 16.5. The number of aromatic nitrogens is 3. The summed E-state index contributed by atoms with van der Waals surface area (Å²) in [5, 5.41) is 7.35. The summed E-state index contributed by atoms with van der Waals surface area (Å²) in [4.78, 5) is 18.4. The molecule has 0 aliphatic carbocycles. The Morgan fingerprint density at radius 2 is 1.90 bits per heavy atom. The van der Waals surface area contributed by atoms with Gasteiger partial charge in [-0.05, 0) is 37.3 Å². The van der Waals surface area contributed by atoms with Gasteiger partial charge in [-0.1, -0.05) is 11.6 Å². The van der Waals surface area contributed by atoms with Gasteiger partial charge in [-0.15, -0.1) is 0 Å². The molecule has 0 saturated carbocycles. The average Bonchev–Trinajstić information content (AvgIpc) is 3.02. The van der Waals surface area contributed by atoms with E-state index in [1.807, 2.05) is 19.0 Å². The minimum atomic E-state index is -4.48. The van der Waals surface area contributed by atoms with Crippen molar-refractivity contribution in [3.8, 4) is 5.82 Å². The normalized spacial score (nSPS) is 11.4.